The lowest BCUT2D eigenvalue weighted by molar-refractivity contribution is 0.0734. The highest BCUT2D eigenvalue weighted by Gasteiger charge is 2.59. The highest BCUT2D eigenvalue weighted by Crippen LogP contribution is 2.68. The molecule has 4 bridgehead atoms. The summed E-state index contributed by atoms with van der Waals surface area (Å²) in [4.78, 5) is 5.07. The number of benzene rings is 8. The Labute approximate surface area is 359 Å². The van der Waals surface area contributed by atoms with Crippen LogP contribution >= 0.6 is 0 Å². The topological polar surface area (TPSA) is 22.8 Å². The van der Waals surface area contributed by atoms with Crippen molar-refractivity contribution in [1.29, 1.82) is 0 Å². The van der Waals surface area contributed by atoms with E-state index in [4.69, 9.17) is 4.98 Å². The number of hydrogen-bond acceptors (Lipinski definition) is 1. The van der Waals surface area contributed by atoms with Gasteiger partial charge >= 0.3 is 0 Å². The van der Waals surface area contributed by atoms with Crippen LogP contribution in [0.15, 0.2) is 188 Å². The third-order valence-electron chi connectivity index (χ3n) is 15.8. The molecule has 0 radical (unpaired) electrons. The molecule has 0 amide bonds. The van der Waals surface area contributed by atoms with E-state index in [0.29, 0.717) is 11.8 Å². The van der Waals surface area contributed by atoms with Crippen LogP contribution in [0.1, 0.15) is 36.8 Å². The molecule has 8 aromatic carbocycles. The Balaban J connectivity index is 0.910. The number of pyridine rings is 1. The number of nitrogens with zero attached hydrogens (tertiary/aromatic N) is 3. The van der Waals surface area contributed by atoms with Crippen LogP contribution in [0.5, 0.6) is 0 Å². The second-order valence-electron chi connectivity index (χ2n) is 18.7. The molecule has 2 atom stereocenters. The molecule has 2 fully saturated rings. The number of rotatable bonds is 3. The van der Waals surface area contributed by atoms with E-state index >= 15 is 0 Å². The fraction of sp³-hybridized carbons (Fsp3) is 0.136. The maximum absolute atomic E-state index is 5.07. The van der Waals surface area contributed by atoms with Crippen molar-refractivity contribution in [2.24, 2.45) is 17.8 Å². The Bertz CT molecular complexity index is 3730. The van der Waals surface area contributed by atoms with Crippen LogP contribution in [0.4, 0.5) is 0 Å². The Hall–Kier alpha value is -7.23. The predicted octanol–water partition coefficient (Wildman–Crippen LogP) is 14.9. The van der Waals surface area contributed by atoms with E-state index in [2.05, 4.69) is 191 Å². The summed E-state index contributed by atoms with van der Waals surface area (Å²) >= 11 is 0. The Kier molecular flexibility index (Phi) is 6.47. The van der Waals surface area contributed by atoms with Gasteiger partial charge < -0.3 is 9.13 Å². The van der Waals surface area contributed by atoms with E-state index < -0.39 is 0 Å². The van der Waals surface area contributed by atoms with E-state index in [9.17, 15) is 0 Å². The Morgan fingerprint density at radius 2 is 0.968 bits per heavy atom. The molecule has 62 heavy (non-hydrogen) atoms. The monoisotopic (exact) mass is 791 g/mol. The zero-order valence-electron chi connectivity index (χ0n) is 34.2. The van der Waals surface area contributed by atoms with E-state index in [0.717, 1.165) is 27.7 Å². The van der Waals surface area contributed by atoms with Gasteiger partial charge in [0, 0.05) is 43.4 Å². The molecule has 3 nitrogen and oxygen atoms in total. The molecule has 3 aromatic heterocycles. The average Bonchev–Trinajstić information content (AvgIpc) is 3.93. The second-order valence-corrected chi connectivity index (χ2v) is 18.7. The summed E-state index contributed by atoms with van der Waals surface area (Å²) in [6.45, 7) is 0. The van der Waals surface area contributed by atoms with Gasteiger partial charge in [-0.2, -0.15) is 0 Å². The van der Waals surface area contributed by atoms with Crippen molar-refractivity contribution in [2.75, 3.05) is 0 Å². The van der Waals surface area contributed by atoms with Gasteiger partial charge in [-0.25, -0.2) is 4.98 Å². The van der Waals surface area contributed by atoms with Crippen LogP contribution in [-0.2, 0) is 5.41 Å². The minimum absolute atomic E-state index is 0.0987. The Morgan fingerprint density at radius 1 is 0.435 bits per heavy atom. The van der Waals surface area contributed by atoms with Gasteiger partial charge in [-0.05, 0) is 137 Å². The molecule has 11 aromatic rings. The molecule has 2 saturated carbocycles. The summed E-state index contributed by atoms with van der Waals surface area (Å²) in [7, 11) is 0. The van der Waals surface area contributed by atoms with E-state index in [1.165, 1.54) is 103 Å². The zero-order valence-corrected chi connectivity index (χ0v) is 34.2. The summed E-state index contributed by atoms with van der Waals surface area (Å²) in [6, 6.07) is 66.1. The van der Waals surface area contributed by atoms with Crippen LogP contribution in [0.2, 0.25) is 0 Å². The zero-order chi connectivity index (χ0) is 40.3. The van der Waals surface area contributed by atoms with Crippen molar-refractivity contribution in [3.05, 3.63) is 199 Å². The third-order valence-corrected chi connectivity index (χ3v) is 15.8. The molecule has 0 N–H and O–H groups in total. The second kappa shape index (κ2) is 12.0. The van der Waals surface area contributed by atoms with E-state index in [-0.39, 0.29) is 5.41 Å². The van der Waals surface area contributed by atoms with Crippen molar-refractivity contribution in [3.63, 3.8) is 0 Å². The molecule has 292 valence electrons. The Morgan fingerprint density at radius 3 is 1.63 bits per heavy atom. The molecule has 16 rings (SSSR count). The molecule has 1 spiro atoms. The number of para-hydroxylation sites is 4. The lowest BCUT2D eigenvalue weighted by atomic mass is 9.46. The first kappa shape index (κ1) is 33.5. The molecular formula is C59H41N3. The van der Waals surface area contributed by atoms with Gasteiger partial charge in [0.25, 0.3) is 0 Å². The average molecular weight is 792 g/mol. The predicted molar refractivity (Wildman–Crippen MR) is 257 cm³/mol. The molecule has 3 heteroatoms. The van der Waals surface area contributed by atoms with E-state index in [1.807, 2.05) is 0 Å². The number of allylic oxidation sites excluding steroid dienone is 2. The highest BCUT2D eigenvalue weighted by molar-refractivity contribution is 6.15. The van der Waals surface area contributed by atoms with Gasteiger partial charge in [0.2, 0.25) is 0 Å². The van der Waals surface area contributed by atoms with E-state index in [1.54, 1.807) is 16.7 Å². The van der Waals surface area contributed by atoms with Gasteiger partial charge in [0.1, 0.15) is 0 Å². The standard InChI is InChI=1S/C59H41N3/c1-6-16-50-42(11-1)43-24-23-41(34-51(43)59(50)39-28-35-27-36(30-39)31-40(59)29-35)61-54-19-9-4-12-44(54)48-32-37(21-25-56(48)61)38-22-26-57-49(33-38)45-13-5-10-20-55(45)62(57)58-46-14-2-7-17-52(46)60-53-18-8-3-15-47(53)58/h1-27,32-35,39-40H,28-31H2. The first-order chi connectivity index (χ1) is 30.7. The summed E-state index contributed by atoms with van der Waals surface area (Å²) in [5.41, 5.74) is 19.7. The molecule has 3 heterocycles. The largest absolute Gasteiger partial charge is 0.309 e. The summed E-state index contributed by atoms with van der Waals surface area (Å²) in [5, 5.41) is 7.38. The van der Waals surface area contributed by atoms with Gasteiger partial charge in [-0.3, -0.25) is 0 Å². The van der Waals surface area contributed by atoms with Crippen LogP contribution in [-0.4, -0.2) is 14.1 Å². The van der Waals surface area contributed by atoms with Gasteiger partial charge in [0.05, 0.1) is 38.8 Å². The molecule has 5 aliphatic carbocycles. The molecule has 0 aliphatic heterocycles. The van der Waals surface area contributed by atoms with Crippen molar-refractivity contribution in [2.45, 2.75) is 31.1 Å². The fourth-order valence-corrected chi connectivity index (χ4v) is 13.6. The first-order valence-electron chi connectivity index (χ1n) is 22.5. The summed E-state index contributed by atoms with van der Waals surface area (Å²) < 4.78 is 5.02. The highest BCUT2D eigenvalue weighted by atomic mass is 15.0. The molecule has 2 unspecified atom stereocenters. The van der Waals surface area contributed by atoms with Crippen LogP contribution in [0.3, 0.4) is 0 Å². The molecular weight excluding hydrogens is 751 g/mol. The number of hydrogen-bond donors (Lipinski definition) is 0. The van der Waals surface area contributed by atoms with Crippen molar-refractivity contribution in [1.82, 2.24) is 14.1 Å². The SMILES string of the molecule is C1=C2CC3CC1CC(C2)C31c2ccccc2-c2ccc(-n3c4ccccc4c4cc(-c5ccc6c(c5)c5ccccc5n6-c5c6ccccc6nc6ccccc56)ccc43)cc21. The fourth-order valence-electron chi connectivity index (χ4n) is 13.6. The maximum Gasteiger partial charge on any atom is 0.0730 e. The first-order valence-corrected chi connectivity index (χ1v) is 22.5. The summed E-state index contributed by atoms with van der Waals surface area (Å²) in [5.74, 6) is 2.11. The van der Waals surface area contributed by atoms with Crippen molar-refractivity contribution in [3.8, 4) is 33.6 Å². The molecule has 5 aliphatic rings. The van der Waals surface area contributed by atoms with Crippen LogP contribution < -0.4 is 0 Å². The quantitative estimate of drug-likeness (QED) is 0.129. The minimum atomic E-state index is 0.0987. The normalized spacial score (nSPS) is 21.0. The number of aromatic nitrogens is 3. The third kappa shape index (κ3) is 4.23. The van der Waals surface area contributed by atoms with Crippen LogP contribution in [0.25, 0.3) is 99.0 Å². The van der Waals surface area contributed by atoms with Gasteiger partial charge in [-0.1, -0.05) is 127 Å². The summed E-state index contributed by atoms with van der Waals surface area (Å²) in [6.07, 6.45) is 7.80. The van der Waals surface area contributed by atoms with Crippen molar-refractivity contribution >= 4 is 65.4 Å². The van der Waals surface area contributed by atoms with Gasteiger partial charge in [-0.15, -0.1) is 0 Å². The smallest absolute Gasteiger partial charge is 0.0730 e. The molecule has 0 saturated heterocycles. The lowest BCUT2D eigenvalue weighted by Crippen LogP contribution is -2.52. The lowest BCUT2D eigenvalue weighted by Gasteiger charge is -2.58. The number of fused-ring (bicyclic) bond motifs is 11. The minimum Gasteiger partial charge on any atom is -0.309 e. The van der Waals surface area contributed by atoms with Crippen molar-refractivity contribution < 1.29 is 0 Å². The maximum atomic E-state index is 5.07. The van der Waals surface area contributed by atoms with Crippen LogP contribution in [0, 0.1) is 17.8 Å². The van der Waals surface area contributed by atoms with Gasteiger partial charge in [0.15, 0.2) is 0 Å².